The minimum absolute atomic E-state index is 0.0800. The third-order valence-corrected chi connectivity index (χ3v) is 5.15. The van der Waals surface area contributed by atoms with Gasteiger partial charge >= 0.3 is 5.97 Å². The summed E-state index contributed by atoms with van der Waals surface area (Å²) in [5.41, 5.74) is 1.06. The average Bonchev–Trinajstić information content (AvgIpc) is 3.20. The molecular weight excluding hydrogens is 332 g/mol. The largest absolute Gasteiger partial charge is 0.493 e. The molecule has 0 bridgehead atoms. The van der Waals surface area contributed by atoms with E-state index in [2.05, 4.69) is 15.9 Å². The van der Waals surface area contributed by atoms with E-state index in [1.165, 1.54) is 19.3 Å². The molecule has 0 aromatic heterocycles. The van der Waals surface area contributed by atoms with Gasteiger partial charge in [0.1, 0.15) is 5.75 Å². The maximum Gasteiger partial charge on any atom is 0.303 e. The first-order valence-electron chi connectivity index (χ1n) is 7.77. The molecule has 1 N–H and O–H groups in total. The maximum absolute atomic E-state index is 11.2. The Kier molecular flexibility index (Phi) is 4.53. The fourth-order valence-corrected chi connectivity index (χ4v) is 3.40. The van der Waals surface area contributed by atoms with Crippen LogP contribution in [-0.2, 0) is 4.79 Å². The molecule has 1 unspecified atom stereocenters. The van der Waals surface area contributed by atoms with Crippen molar-refractivity contribution in [2.75, 3.05) is 6.61 Å². The van der Waals surface area contributed by atoms with Gasteiger partial charge in [0.15, 0.2) is 0 Å². The molecule has 21 heavy (non-hydrogen) atoms. The van der Waals surface area contributed by atoms with Gasteiger partial charge in [0.2, 0.25) is 0 Å². The molecule has 0 heterocycles. The SMILES string of the molecule is O=C(O)CC(c1cc(Br)ccc1OCC1CCC1)C1CC1. The number of rotatable bonds is 7. The number of carboxylic acids is 1. The van der Waals surface area contributed by atoms with Crippen LogP contribution in [0.25, 0.3) is 0 Å². The van der Waals surface area contributed by atoms with Gasteiger partial charge in [-0.3, -0.25) is 4.79 Å². The highest BCUT2D eigenvalue weighted by atomic mass is 79.9. The van der Waals surface area contributed by atoms with Crippen molar-refractivity contribution in [2.45, 2.75) is 44.4 Å². The van der Waals surface area contributed by atoms with E-state index < -0.39 is 5.97 Å². The van der Waals surface area contributed by atoms with E-state index in [4.69, 9.17) is 4.74 Å². The van der Waals surface area contributed by atoms with Crippen LogP contribution < -0.4 is 4.74 Å². The second kappa shape index (κ2) is 6.39. The molecule has 3 rings (SSSR count). The number of benzene rings is 1. The minimum atomic E-state index is -0.725. The first kappa shape index (κ1) is 14.9. The predicted molar refractivity (Wildman–Crippen MR) is 84.7 cm³/mol. The van der Waals surface area contributed by atoms with Gasteiger partial charge < -0.3 is 9.84 Å². The van der Waals surface area contributed by atoms with Crippen LogP contribution in [0.1, 0.15) is 50.0 Å². The van der Waals surface area contributed by atoms with Crippen LogP contribution in [-0.4, -0.2) is 17.7 Å². The summed E-state index contributed by atoms with van der Waals surface area (Å²) in [5, 5.41) is 9.19. The van der Waals surface area contributed by atoms with Crippen molar-refractivity contribution in [3.8, 4) is 5.75 Å². The third kappa shape index (κ3) is 3.79. The van der Waals surface area contributed by atoms with Crippen LogP contribution in [0.5, 0.6) is 5.75 Å². The summed E-state index contributed by atoms with van der Waals surface area (Å²) in [6.45, 7) is 0.763. The Morgan fingerprint density at radius 3 is 2.67 bits per heavy atom. The lowest BCUT2D eigenvalue weighted by Gasteiger charge is -2.27. The summed E-state index contributed by atoms with van der Waals surface area (Å²) < 4.78 is 7.01. The van der Waals surface area contributed by atoms with Gasteiger partial charge in [0.25, 0.3) is 0 Å². The van der Waals surface area contributed by atoms with Crippen LogP contribution >= 0.6 is 15.9 Å². The average molecular weight is 353 g/mol. The van der Waals surface area contributed by atoms with Gasteiger partial charge in [0, 0.05) is 10.4 Å². The van der Waals surface area contributed by atoms with Gasteiger partial charge in [-0.25, -0.2) is 0 Å². The zero-order chi connectivity index (χ0) is 14.8. The zero-order valence-corrected chi connectivity index (χ0v) is 13.6. The van der Waals surface area contributed by atoms with Gasteiger partial charge in [-0.2, -0.15) is 0 Å². The van der Waals surface area contributed by atoms with Crippen LogP contribution in [0.2, 0.25) is 0 Å². The van der Waals surface area contributed by atoms with Crippen molar-refractivity contribution in [3.05, 3.63) is 28.2 Å². The van der Waals surface area contributed by atoms with Crippen LogP contribution in [0.4, 0.5) is 0 Å². The standard InChI is InChI=1S/C17H21BrO3/c18-13-6-7-16(21-10-11-2-1-3-11)15(8-13)14(9-17(19)20)12-4-5-12/h6-8,11-12,14H,1-5,9-10H2,(H,19,20). The zero-order valence-electron chi connectivity index (χ0n) is 12.1. The van der Waals surface area contributed by atoms with Gasteiger partial charge in [-0.15, -0.1) is 0 Å². The Morgan fingerprint density at radius 2 is 2.10 bits per heavy atom. The van der Waals surface area contributed by atoms with E-state index in [1.54, 1.807) is 0 Å². The van der Waals surface area contributed by atoms with Gasteiger partial charge in [-0.05, 0) is 61.3 Å². The van der Waals surface area contributed by atoms with Crippen molar-refractivity contribution in [3.63, 3.8) is 0 Å². The molecule has 0 radical (unpaired) electrons. The Labute approximate surface area is 133 Å². The van der Waals surface area contributed by atoms with E-state index in [0.717, 1.165) is 35.2 Å². The molecule has 2 aliphatic carbocycles. The monoisotopic (exact) mass is 352 g/mol. The molecule has 0 saturated heterocycles. The fourth-order valence-electron chi connectivity index (χ4n) is 3.02. The highest BCUT2D eigenvalue weighted by Gasteiger charge is 2.35. The first-order chi connectivity index (χ1) is 10.1. The van der Waals surface area contributed by atoms with E-state index in [-0.39, 0.29) is 12.3 Å². The van der Waals surface area contributed by atoms with E-state index in [1.807, 2.05) is 18.2 Å². The number of aliphatic carboxylic acids is 1. The number of hydrogen-bond acceptors (Lipinski definition) is 2. The molecule has 1 atom stereocenters. The molecule has 114 valence electrons. The fraction of sp³-hybridized carbons (Fsp3) is 0.588. The lowest BCUT2D eigenvalue weighted by atomic mass is 9.86. The van der Waals surface area contributed by atoms with Gasteiger partial charge in [0.05, 0.1) is 13.0 Å². The molecule has 0 amide bonds. The predicted octanol–water partition coefficient (Wildman–Crippen LogP) is 4.60. The van der Waals surface area contributed by atoms with Crippen molar-refractivity contribution in [2.24, 2.45) is 11.8 Å². The van der Waals surface area contributed by atoms with Crippen LogP contribution in [0.15, 0.2) is 22.7 Å². The molecule has 1 aromatic rings. The Morgan fingerprint density at radius 1 is 1.33 bits per heavy atom. The number of ether oxygens (including phenoxy) is 1. The summed E-state index contributed by atoms with van der Waals surface area (Å²) in [6.07, 6.45) is 6.28. The summed E-state index contributed by atoms with van der Waals surface area (Å²) in [5.74, 6) is 1.42. The maximum atomic E-state index is 11.2. The molecule has 1 aromatic carbocycles. The number of halogens is 1. The Balaban J connectivity index is 1.79. The van der Waals surface area contributed by atoms with Crippen LogP contribution in [0, 0.1) is 11.8 Å². The minimum Gasteiger partial charge on any atom is -0.493 e. The number of hydrogen-bond donors (Lipinski definition) is 1. The third-order valence-electron chi connectivity index (χ3n) is 4.66. The topological polar surface area (TPSA) is 46.5 Å². The molecule has 0 spiro atoms. The molecule has 2 saturated carbocycles. The lowest BCUT2D eigenvalue weighted by Crippen LogP contribution is -2.20. The number of carboxylic acid groups (broad SMARTS) is 1. The lowest BCUT2D eigenvalue weighted by molar-refractivity contribution is -0.137. The smallest absolute Gasteiger partial charge is 0.303 e. The van der Waals surface area contributed by atoms with Gasteiger partial charge in [-0.1, -0.05) is 22.4 Å². The van der Waals surface area contributed by atoms with Crippen molar-refractivity contribution in [1.82, 2.24) is 0 Å². The Bertz CT molecular complexity index is 521. The molecule has 0 aliphatic heterocycles. The summed E-state index contributed by atoms with van der Waals surface area (Å²) in [6, 6.07) is 6.00. The molecule has 2 aliphatic rings. The summed E-state index contributed by atoms with van der Waals surface area (Å²) in [4.78, 5) is 11.2. The van der Waals surface area contributed by atoms with Crippen molar-refractivity contribution >= 4 is 21.9 Å². The first-order valence-corrected chi connectivity index (χ1v) is 8.57. The molecule has 2 fully saturated rings. The molecule has 3 nitrogen and oxygen atoms in total. The van der Waals surface area contributed by atoms with E-state index in [0.29, 0.717) is 11.8 Å². The molecular formula is C17H21BrO3. The second-order valence-electron chi connectivity index (χ2n) is 6.33. The Hall–Kier alpha value is -1.03. The van der Waals surface area contributed by atoms with E-state index >= 15 is 0 Å². The quantitative estimate of drug-likeness (QED) is 0.780. The van der Waals surface area contributed by atoms with Crippen molar-refractivity contribution in [1.29, 1.82) is 0 Å². The highest BCUT2D eigenvalue weighted by Crippen LogP contribution is 2.47. The number of carbonyl (C=O) groups is 1. The summed E-state index contributed by atoms with van der Waals surface area (Å²) in [7, 11) is 0. The second-order valence-corrected chi connectivity index (χ2v) is 7.25. The highest BCUT2D eigenvalue weighted by molar-refractivity contribution is 9.10. The van der Waals surface area contributed by atoms with Crippen molar-refractivity contribution < 1.29 is 14.6 Å². The summed E-state index contributed by atoms with van der Waals surface area (Å²) >= 11 is 3.50. The normalized spacial score (nSPS) is 19.9. The van der Waals surface area contributed by atoms with E-state index in [9.17, 15) is 9.90 Å². The van der Waals surface area contributed by atoms with Crippen LogP contribution in [0.3, 0.4) is 0 Å². The molecule has 4 heteroatoms.